The fraction of sp³-hybridized carbons (Fsp3) is 0.231. The number of imidazole rings is 2. The summed E-state index contributed by atoms with van der Waals surface area (Å²) >= 11 is 0. The smallest absolute Gasteiger partial charge is 0.240 e. The third kappa shape index (κ3) is 2.03. The minimum atomic E-state index is -0.0256. The standard InChI is InChI=1S/C13H14N6O/c1-9(2)10-11(18-5-3-14-7-18)16-13(17-12(10)20)19-6-4-15-8-19/h3-9H,1-2H3,(H,16,17,20). The molecule has 0 aliphatic carbocycles. The summed E-state index contributed by atoms with van der Waals surface area (Å²) in [6.45, 7) is 3.96. The van der Waals surface area contributed by atoms with Gasteiger partial charge in [0.05, 0.1) is 5.56 Å². The molecule has 7 nitrogen and oxygen atoms in total. The van der Waals surface area contributed by atoms with E-state index in [-0.39, 0.29) is 11.8 Å². The van der Waals surface area contributed by atoms with Crippen molar-refractivity contribution in [2.24, 2.45) is 0 Å². The van der Waals surface area contributed by atoms with Crippen LogP contribution >= 0.6 is 0 Å². The van der Waals surface area contributed by atoms with Crippen LogP contribution in [0, 0.1) is 0 Å². The third-order valence-corrected chi connectivity index (χ3v) is 2.96. The Morgan fingerprint density at radius 2 is 1.65 bits per heavy atom. The highest BCUT2D eigenvalue weighted by atomic mass is 16.3. The van der Waals surface area contributed by atoms with Gasteiger partial charge in [0.1, 0.15) is 12.7 Å². The van der Waals surface area contributed by atoms with Crippen molar-refractivity contribution in [1.82, 2.24) is 29.1 Å². The van der Waals surface area contributed by atoms with Gasteiger partial charge in [0.25, 0.3) is 0 Å². The van der Waals surface area contributed by atoms with Gasteiger partial charge in [-0.1, -0.05) is 13.8 Å². The molecule has 3 rings (SSSR count). The molecule has 102 valence electrons. The van der Waals surface area contributed by atoms with Gasteiger partial charge in [-0.25, -0.2) is 9.97 Å². The molecule has 7 heteroatoms. The highest BCUT2D eigenvalue weighted by Crippen LogP contribution is 2.29. The third-order valence-electron chi connectivity index (χ3n) is 2.96. The van der Waals surface area contributed by atoms with Crippen molar-refractivity contribution in [2.45, 2.75) is 19.8 Å². The van der Waals surface area contributed by atoms with Gasteiger partial charge in [0.2, 0.25) is 11.8 Å². The van der Waals surface area contributed by atoms with Crippen molar-refractivity contribution >= 4 is 0 Å². The van der Waals surface area contributed by atoms with Gasteiger partial charge in [-0.05, 0) is 5.92 Å². The Morgan fingerprint density at radius 1 is 1.00 bits per heavy atom. The number of aromatic nitrogens is 6. The molecule has 0 aromatic carbocycles. The van der Waals surface area contributed by atoms with Gasteiger partial charge in [0, 0.05) is 24.8 Å². The number of rotatable bonds is 3. The van der Waals surface area contributed by atoms with Crippen LogP contribution in [0.1, 0.15) is 25.3 Å². The first-order chi connectivity index (χ1) is 9.66. The molecule has 3 aromatic heterocycles. The summed E-state index contributed by atoms with van der Waals surface area (Å²) in [6, 6.07) is 0. The van der Waals surface area contributed by atoms with Crippen molar-refractivity contribution in [3.05, 3.63) is 43.0 Å². The average Bonchev–Trinajstić information content (AvgIpc) is 3.11. The molecule has 0 spiro atoms. The van der Waals surface area contributed by atoms with E-state index >= 15 is 0 Å². The van der Waals surface area contributed by atoms with Crippen LogP contribution in [0.3, 0.4) is 0 Å². The van der Waals surface area contributed by atoms with E-state index in [2.05, 4.69) is 19.9 Å². The van der Waals surface area contributed by atoms with E-state index in [4.69, 9.17) is 0 Å². The second-order valence-corrected chi connectivity index (χ2v) is 4.68. The van der Waals surface area contributed by atoms with Crippen LogP contribution in [0.5, 0.6) is 5.88 Å². The van der Waals surface area contributed by atoms with Gasteiger partial charge in [-0.2, -0.15) is 9.97 Å². The Balaban J connectivity index is 2.24. The monoisotopic (exact) mass is 270 g/mol. The maximum Gasteiger partial charge on any atom is 0.240 e. The zero-order valence-electron chi connectivity index (χ0n) is 11.2. The Morgan fingerprint density at radius 3 is 2.20 bits per heavy atom. The molecule has 0 fully saturated rings. The topological polar surface area (TPSA) is 81.7 Å². The molecule has 0 amide bonds. The summed E-state index contributed by atoms with van der Waals surface area (Å²) in [7, 11) is 0. The lowest BCUT2D eigenvalue weighted by atomic mass is 10.1. The van der Waals surface area contributed by atoms with Crippen LogP contribution in [0.25, 0.3) is 11.8 Å². The molecule has 0 saturated heterocycles. The normalized spacial score (nSPS) is 11.2. The molecule has 0 bridgehead atoms. The van der Waals surface area contributed by atoms with Crippen LogP contribution in [0.4, 0.5) is 0 Å². The molecule has 0 aliphatic rings. The van der Waals surface area contributed by atoms with E-state index < -0.39 is 0 Å². The van der Waals surface area contributed by atoms with Crippen LogP contribution in [0.2, 0.25) is 0 Å². The Labute approximate surface area is 115 Å². The van der Waals surface area contributed by atoms with Crippen LogP contribution in [0.15, 0.2) is 37.4 Å². The Hall–Kier alpha value is -2.70. The first-order valence-corrected chi connectivity index (χ1v) is 6.24. The molecule has 0 atom stereocenters. The number of nitrogens with zero attached hydrogens (tertiary/aromatic N) is 6. The lowest BCUT2D eigenvalue weighted by Gasteiger charge is -2.15. The first kappa shape index (κ1) is 12.3. The second-order valence-electron chi connectivity index (χ2n) is 4.68. The van der Waals surface area contributed by atoms with Crippen LogP contribution in [-0.2, 0) is 0 Å². The molecule has 3 heterocycles. The second kappa shape index (κ2) is 4.76. The van der Waals surface area contributed by atoms with E-state index in [9.17, 15) is 5.11 Å². The summed E-state index contributed by atoms with van der Waals surface area (Å²) < 4.78 is 3.40. The van der Waals surface area contributed by atoms with Crippen molar-refractivity contribution in [2.75, 3.05) is 0 Å². The van der Waals surface area contributed by atoms with Crippen molar-refractivity contribution in [1.29, 1.82) is 0 Å². The molecule has 0 unspecified atom stereocenters. The van der Waals surface area contributed by atoms with Gasteiger partial charge in [0.15, 0.2) is 5.82 Å². The van der Waals surface area contributed by atoms with Crippen molar-refractivity contribution < 1.29 is 5.11 Å². The molecular weight excluding hydrogens is 256 g/mol. The van der Waals surface area contributed by atoms with E-state index in [1.807, 2.05) is 13.8 Å². The summed E-state index contributed by atoms with van der Waals surface area (Å²) in [5.41, 5.74) is 0.687. The lowest BCUT2D eigenvalue weighted by molar-refractivity contribution is 0.438. The molecule has 20 heavy (non-hydrogen) atoms. The number of hydrogen-bond donors (Lipinski definition) is 1. The van der Waals surface area contributed by atoms with Crippen molar-refractivity contribution in [3.8, 4) is 17.6 Å². The van der Waals surface area contributed by atoms with E-state index in [0.717, 1.165) is 0 Å². The maximum atomic E-state index is 10.2. The molecule has 1 N–H and O–H groups in total. The largest absolute Gasteiger partial charge is 0.493 e. The minimum Gasteiger partial charge on any atom is -0.493 e. The van der Waals surface area contributed by atoms with Gasteiger partial charge in [-0.3, -0.25) is 9.13 Å². The molecule has 0 aliphatic heterocycles. The Kier molecular flexibility index (Phi) is 2.94. The lowest BCUT2D eigenvalue weighted by Crippen LogP contribution is -2.09. The van der Waals surface area contributed by atoms with E-state index in [0.29, 0.717) is 17.3 Å². The van der Waals surface area contributed by atoms with Gasteiger partial charge >= 0.3 is 0 Å². The van der Waals surface area contributed by atoms with Crippen molar-refractivity contribution in [3.63, 3.8) is 0 Å². The summed E-state index contributed by atoms with van der Waals surface area (Å²) in [5, 5.41) is 10.2. The summed E-state index contributed by atoms with van der Waals surface area (Å²) in [5.74, 6) is 1.05. The fourth-order valence-electron chi connectivity index (χ4n) is 2.03. The predicted molar refractivity (Wildman–Crippen MR) is 72.0 cm³/mol. The zero-order valence-corrected chi connectivity index (χ0v) is 11.2. The molecule has 3 aromatic rings. The first-order valence-electron chi connectivity index (χ1n) is 6.24. The van der Waals surface area contributed by atoms with E-state index in [1.54, 1.807) is 46.6 Å². The van der Waals surface area contributed by atoms with Gasteiger partial charge < -0.3 is 5.11 Å². The number of aromatic hydroxyl groups is 1. The average molecular weight is 270 g/mol. The highest BCUT2D eigenvalue weighted by Gasteiger charge is 2.18. The predicted octanol–water partition coefficient (Wildman–Crippen LogP) is 1.68. The SMILES string of the molecule is CC(C)c1c(O)nc(-n2ccnc2)nc1-n1ccnc1. The fourth-order valence-corrected chi connectivity index (χ4v) is 2.03. The Bertz CT molecular complexity index is 703. The summed E-state index contributed by atoms with van der Waals surface area (Å²) in [4.78, 5) is 16.6. The molecular formula is C13H14N6O. The molecule has 0 saturated carbocycles. The quantitative estimate of drug-likeness (QED) is 0.783. The zero-order chi connectivity index (χ0) is 14.1. The van der Waals surface area contributed by atoms with Crippen LogP contribution < -0.4 is 0 Å². The van der Waals surface area contributed by atoms with Gasteiger partial charge in [-0.15, -0.1) is 0 Å². The maximum absolute atomic E-state index is 10.2. The minimum absolute atomic E-state index is 0.0256. The molecule has 0 radical (unpaired) electrons. The summed E-state index contributed by atoms with van der Waals surface area (Å²) in [6.07, 6.45) is 10.0. The van der Waals surface area contributed by atoms with Crippen LogP contribution in [-0.4, -0.2) is 34.2 Å². The van der Waals surface area contributed by atoms with E-state index in [1.165, 1.54) is 0 Å². The number of hydrogen-bond acceptors (Lipinski definition) is 5. The highest BCUT2D eigenvalue weighted by molar-refractivity contribution is 5.45.